The molecule has 3 amide bonds. The largest absolute Gasteiger partial charge is 0.353 e. The van der Waals surface area contributed by atoms with Crippen molar-refractivity contribution in [3.63, 3.8) is 0 Å². The van der Waals surface area contributed by atoms with Crippen LogP contribution in [0.2, 0.25) is 5.02 Å². The molecule has 0 radical (unpaired) electrons. The van der Waals surface area contributed by atoms with Crippen LogP contribution in [0.5, 0.6) is 0 Å². The fourth-order valence-corrected chi connectivity index (χ4v) is 3.65. The number of amides is 3. The summed E-state index contributed by atoms with van der Waals surface area (Å²) < 4.78 is 0. The van der Waals surface area contributed by atoms with E-state index in [1.807, 2.05) is 6.07 Å². The molecule has 3 rings (SSSR count). The van der Waals surface area contributed by atoms with Gasteiger partial charge < -0.3 is 15.5 Å². The van der Waals surface area contributed by atoms with Gasteiger partial charge in [0.25, 0.3) is 0 Å². The number of anilines is 1. The molecule has 0 aliphatic carbocycles. The molecule has 0 saturated carbocycles. The number of rotatable bonds is 2. The number of hydrogen-bond acceptors (Lipinski definition) is 4. The second-order valence-electron chi connectivity index (χ2n) is 5.11. The molecule has 1 fully saturated rings. The van der Waals surface area contributed by atoms with Crippen LogP contribution in [0.4, 0.5) is 5.69 Å². The van der Waals surface area contributed by atoms with Gasteiger partial charge in [-0.2, -0.15) is 0 Å². The summed E-state index contributed by atoms with van der Waals surface area (Å²) in [5.41, 5.74) is 0.670. The number of benzene rings is 1. The summed E-state index contributed by atoms with van der Waals surface area (Å²) in [7, 11) is 0. The van der Waals surface area contributed by atoms with Gasteiger partial charge in [0, 0.05) is 29.4 Å². The van der Waals surface area contributed by atoms with Crippen molar-refractivity contribution in [3.05, 3.63) is 23.2 Å². The highest BCUT2D eigenvalue weighted by Gasteiger charge is 2.31. The van der Waals surface area contributed by atoms with Crippen LogP contribution >= 0.6 is 23.4 Å². The minimum absolute atomic E-state index is 0.0596. The predicted octanol–water partition coefficient (Wildman–Crippen LogP) is 1.10. The number of carbonyl (C=O) groups is 3. The quantitative estimate of drug-likeness (QED) is 0.845. The first-order valence-corrected chi connectivity index (χ1v) is 8.10. The highest BCUT2D eigenvalue weighted by atomic mass is 35.5. The van der Waals surface area contributed by atoms with Gasteiger partial charge in [0.15, 0.2) is 0 Å². The van der Waals surface area contributed by atoms with Crippen molar-refractivity contribution in [1.29, 1.82) is 0 Å². The lowest BCUT2D eigenvalue weighted by molar-refractivity contribution is -0.138. The van der Waals surface area contributed by atoms with E-state index in [0.717, 1.165) is 4.90 Å². The maximum atomic E-state index is 12.3. The molecular formula is C14H14ClN3O3S. The summed E-state index contributed by atoms with van der Waals surface area (Å²) in [5, 5.41) is 5.50. The van der Waals surface area contributed by atoms with Gasteiger partial charge >= 0.3 is 0 Å². The van der Waals surface area contributed by atoms with E-state index in [4.69, 9.17) is 11.6 Å². The Morgan fingerprint density at radius 1 is 1.41 bits per heavy atom. The summed E-state index contributed by atoms with van der Waals surface area (Å²) in [5.74, 6) is -0.560. The Kier molecular flexibility index (Phi) is 4.26. The van der Waals surface area contributed by atoms with Crippen molar-refractivity contribution < 1.29 is 14.4 Å². The van der Waals surface area contributed by atoms with Crippen LogP contribution < -0.4 is 10.6 Å². The number of carbonyl (C=O) groups excluding carboxylic acids is 3. The number of hydrogen-bond donors (Lipinski definition) is 2. The Morgan fingerprint density at radius 3 is 3.00 bits per heavy atom. The average molecular weight is 340 g/mol. The van der Waals surface area contributed by atoms with E-state index < -0.39 is 5.25 Å². The average Bonchev–Trinajstić information content (AvgIpc) is 2.48. The van der Waals surface area contributed by atoms with Gasteiger partial charge in [-0.1, -0.05) is 11.6 Å². The topological polar surface area (TPSA) is 78.5 Å². The Bertz CT molecular complexity index is 652. The molecule has 0 aromatic heterocycles. The van der Waals surface area contributed by atoms with Gasteiger partial charge in [-0.15, -0.1) is 11.8 Å². The van der Waals surface area contributed by atoms with Gasteiger partial charge in [-0.25, -0.2) is 0 Å². The molecule has 2 heterocycles. The van der Waals surface area contributed by atoms with Crippen molar-refractivity contribution in [2.45, 2.75) is 16.6 Å². The molecule has 22 heavy (non-hydrogen) atoms. The molecule has 1 saturated heterocycles. The lowest BCUT2D eigenvalue weighted by Crippen LogP contribution is -2.50. The fraction of sp³-hybridized carbons (Fsp3) is 0.357. The third-order valence-electron chi connectivity index (χ3n) is 3.51. The molecule has 0 bridgehead atoms. The highest BCUT2D eigenvalue weighted by molar-refractivity contribution is 8.01. The number of thioether (sulfide) groups is 1. The second kappa shape index (κ2) is 6.18. The zero-order valence-corrected chi connectivity index (χ0v) is 13.2. The first-order chi connectivity index (χ1) is 10.5. The molecule has 1 aromatic rings. The Balaban J connectivity index is 1.68. The molecule has 6 nitrogen and oxygen atoms in total. The fourth-order valence-electron chi connectivity index (χ4n) is 2.40. The van der Waals surface area contributed by atoms with E-state index in [1.54, 1.807) is 12.1 Å². The van der Waals surface area contributed by atoms with Crippen molar-refractivity contribution >= 4 is 46.8 Å². The van der Waals surface area contributed by atoms with Crippen LogP contribution in [0.3, 0.4) is 0 Å². The van der Waals surface area contributed by atoms with Crippen LogP contribution in [-0.2, 0) is 14.4 Å². The summed E-state index contributed by atoms with van der Waals surface area (Å²) in [4.78, 5) is 38.1. The third-order valence-corrected chi connectivity index (χ3v) is 5.02. The number of halogens is 1. The molecule has 1 aromatic carbocycles. The maximum Gasteiger partial charge on any atom is 0.239 e. The lowest BCUT2D eigenvalue weighted by Gasteiger charge is -2.29. The Morgan fingerprint density at radius 2 is 2.23 bits per heavy atom. The van der Waals surface area contributed by atoms with Crippen LogP contribution in [-0.4, -0.2) is 47.5 Å². The van der Waals surface area contributed by atoms with E-state index in [0.29, 0.717) is 23.8 Å². The molecular weight excluding hydrogens is 326 g/mol. The van der Waals surface area contributed by atoms with E-state index in [2.05, 4.69) is 10.6 Å². The molecule has 1 atom stereocenters. The van der Waals surface area contributed by atoms with Crippen LogP contribution in [0.25, 0.3) is 0 Å². The number of fused-ring (bicyclic) bond motifs is 1. The Labute approximate surface area is 136 Å². The van der Waals surface area contributed by atoms with Gasteiger partial charge in [0.05, 0.1) is 17.5 Å². The van der Waals surface area contributed by atoms with Crippen molar-refractivity contribution in [3.8, 4) is 0 Å². The SMILES string of the molecule is O=C1CN(C(=O)CC2Sc3ccc(Cl)cc3NC2=O)CCN1. The first-order valence-electron chi connectivity index (χ1n) is 6.84. The minimum Gasteiger partial charge on any atom is -0.353 e. The highest BCUT2D eigenvalue weighted by Crippen LogP contribution is 2.38. The van der Waals surface area contributed by atoms with E-state index in [-0.39, 0.29) is 30.7 Å². The van der Waals surface area contributed by atoms with Crippen molar-refractivity contribution in [2.24, 2.45) is 0 Å². The molecule has 0 spiro atoms. The van der Waals surface area contributed by atoms with Gasteiger partial charge in [-0.05, 0) is 18.2 Å². The smallest absolute Gasteiger partial charge is 0.239 e. The first kappa shape index (κ1) is 15.2. The van der Waals surface area contributed by atoms with Crippen molar-refractivity contribution in [2.75, 3.05) is 25.0 Å². The molecule has 1 unspecified atom stereocenters. The zero-order chi connectivity index (χ0) is 15.7. The summed E-state index contributed by atoms with van der Waals surface area (Å²) in [6, 6.07) is 5.26. The van der Waals surface area contributed by atoms with Crippen LogP contribution in [0.15, 0.2) is 23.1 Å². The van der Waals surface area contributed by atoms with Gasteiger partial charge in [0.2, 0.25) is 17.7 Å². The zero-order valence-electron chi connectivity index (χ0n) is 11.6. The summed E-state index contributed by atoms with van der Waals surface area (Å²) in [6.45, 7) is 0.996. The van der Waals surface area contributed by atoms with E-state index in [9.17, 15) is 14.4 Å². The third kappa shape index (κ3) is 3.20. The van der Waals surface area contributed by atoms with Crippen molar-refractivity contribution in [1.82, 2.24) is 10.2 Å². The monoisotopic (exact) mass is 339 g/mol. The minimum atomic E-state index is -0.494. The van der Waals surface area contributed by atoms with E-state index >= 15 is 0 Å². The van der Waals surface area contributed by atoms with Crippen LogP contribution in [0, 0.1) is 0 Å². The molecule has 2 aliphatic rings. The second-order valence-corrected chi connectivity index (χ2v) is 6.79. The normalized spacial score (nSPS) is 21.0. The number of nitrogens with one attached hydrogen (secondary N) is 2. The molecule has 2 aliphatic heterocycles. The lowest BCUT2D eigenvalue weighted by atomic mass is 10.2. The van der Waals surface area contributed by atoms with Crippen LogP contribution in [0.1, 0.15) is 6.42 Å². The van der Waals surface area contributed by atoms with E-state index in [1.165, 1.54) is 16.7 Å². The number of nitrogens with zero attached hydrogens (tertiary/aromatic N) is 1. The Hall–Kier alpha value is -1.73. The molecule has 2 N–H and O–H groups in total. The molecule has 8 heteroatoms. The number of piperazine rings is 1. The predicted molar refractivity (Wildman–Crippen MR) is 83.9 cm³/mol. The van der Waals surface area contributed by atoms with Gasteiger partial charge in [0.1, 0.15) is 0 Å². The van der Waals surface area contributed by atoms with Gasteiger partial charge in [-0.3, -0.25) is 14.4 Å². The molecule has 116 valence electrons. The standard InChI is InChI=1S/C14H14ClN3O3S/c15-8-1-2-10-9(5-8)17-14(21)11(22-10)6-13(20)18-4-3-16-12(19)7-18/h1-2,5,11H,3-4,6-7H2,(H,16,19)(H,17,21). The maximum absolute atomic E-state index is 12.3. The summed E-state index contributed by atoms with van der Waals surface area (Å²) >= 11 is 7.25. The summed E-state index contributed by atoms with van der Waals surface area (Å²) in [6.07, 6.45) is 0.0752.